The lowest BCUT2D eigenvalue weighted by molar-refractivity contribution is -0.275. The fourth-order valence-electron chi connectivity index (χ4n) is 4.50. The van der Waals surface area contributed by atoms with E-state index in [4.69, 9.17) is 5.73 Å². The number of carbonyl (C=O) groups excluding carboxylic acids is 3. The number of hydrogen-bond acceptors (Lipinski definition) is 6. The first-order valence-corrected chi connectivity index (χ1v) is 13.1. The molecule has 0 spiro atoms. The van der Waals surface area contributed by atoms with E-state index in [2.05, 4.69) is 43.7 Å². The van der Waals surface area contributed by atoms with Gasteiger partial charge in [-0.05, 0) is 49.9 Å². The molecule has 2 aromatic carbocycles. The van der Waals surface area contributed by atoms with Gasteiger partial charge in [-0.1, -0.05) is 18.1 Å². The van der Waals surface area contributed by atoms with Crippen LogP contribution in [0.25, 0.3) is 10.9 Å². The highest BCUT2D eigenvalue weighted by Gasteiger charge is 2.40. The van der Waals surface area contributed by atoms with Gasteiger partial charge < -0.3 is 20.7 Å². The Kier molecular flexibility index (Phi) is 9.60. The van der Waals surface area contributed by atoms with Crippen LogP contribution in [0, 0.1) is 17.7 Å². The van der Waals surface area contributed by atoms with Crippen molar-refractivity contribution in [2.24, 2.45) is 15.7 Å². The Balaban J connectivity index is 1.57. The third kappa shape index (κ3) is 7.68. The minimum atomic E-state index is -5.19. The lowest BCUT2D eigenvalue weighted by Crippen LogP contribution is -2.44. The van der Waals surface area contributed by atoms with Crippen LogP contribution in [-0.2, 0) is 16.1 Å². The Morgan fingerprint density at radius 3 is 2.69 bits per heavy atom. The average molecular weight is 630 g/mol. The molecule has 0 bridgehead atoms. The minimum Gasteiger partial charge on any atom is -0.403 e. The van der Waals surface area contributed by atoms with E-state index in [1.165, 1.54) is 18.3 Å². The van der Waals surface area contributed by atoms with Crippen molar-refractivity contribution in [2.45, 2.75) is 38.5 Å². The largest absolute Gasteiger partial charge is 0.573 e. The molecule has 0 radical (unpaired) electrons. The lowest BCUT2D eigenvalue weighted by atomic mass is 10.1. The summed E-state index contributed by atoms with van der Waals surface area (Å²) in [5.74, 6) is 0.279. The van der Waals surface area contributed by atoms with Crippen molar-refractivity contribution in [3.63, 3.8) is 0 Å². The number of aliphatic imine (C=N–C) groups is 2. The number of amidine groups is 1. The highest BCUT2D eigenvalue weighted by Crippen LogP contribution is 2.31. The number of halogens is 5. The van der Waals surface area contributed by atoms with Gasteiger partial charge in [-0.2, -0.15) is 5.10 Å². The molecule has 3 aromatic rings. The van der Waals surface area contributed by atoms with Crippen molar-refractivity contribution in [1.82, 2.24) is 14.7 Å². The summed E-state index contributed by atoms with van der Waals surface area (Å²) < 4.78 is 71.6. The SMILES string of the molecule is C=N/C(C#Cc1ccc2c(c1)c(C(N)=O)nn2CC(=O)N1C[C@H](F)C[C@H]1C(=O)Nc1cccc(OC(F)(F)F)c1F)=N\C=C/C. The average Bonchev–Trinajstić information content (AvgIpc) is 3.55. The minimum absolute atomic E-state index is 0.144. The number of alkyl halides is 4. The Hall–Kier alpha value is -5.59. The second-order valence-corrected chi connectivity index (χ2v) is 9.50. The number of aromatic nitrogens is 2. The maximum absolute atomic E-state index is 14.6. The molecule has 234 valence electrons. The molecule has 1 aromatic heterocycles. The molecule has 4 rings (SSSR count). The van der Waals surface area contributed by atoms with Gasteiger partial charge in [0.1, 0.15) is 18.8 Å². The van der Waals surface area contributed by atoms with Crippen LogP contribution in [0.4, 0.5) is 27.6 Å². The van der Waals surface area contributed by atoms with Gasteiger partial charge in [0.2, 0.25) is 17.6 Å². The summed E-state index contributed by atoms with van der Waals surface area (Å²) in [6.45, 7) is 4.12. The Labute approximate surface area is 252 Å². The third-order valence-corrected chi connectivity index (χ3v) is 6.40. The molecule has 11 nitrogen and oxygen atoms in total. The van der Waals surface area contributed by atoms with Crippen LogP contribution in [-0.4, -0.2) is 70.1 Å². The summed E-state index contributed by atoms with van der Waals surface area (Å²) in [4.78, 5) is 47.1. The first kappa shape index (κ1) is 32.3. The molecule has 2 atom stereocenters. The molecule has 1 aliphatic heterocycles. The number of hydrogen-bond donors (Lipinski definition) is 2. The molecule has 16 heteroatoms. The fourth-order valence-corrected chi connectivity index (χ4v) is 4.50. The highest BCUT2D eigenvalue weighted by molar-refractivity contribution is 6.05. The van der Waals surface area contributed by atoms with Gasteiger partial charge in [-0.25, -0.2) is 18.8 Å². The van der Waals surface area contributed by atoms with Gasteiger partial charge in [-0.3, -0.25) is 19.1 Å². The number of amides is 3. The van der Waals surface area contributed by atoms with Crippen molar-refractivity contribution in [3.05, 3.63) is 65.7 Å². The molecular weight excluding hydrogens is 605 g/mol. The Bertz CT molecular complexity index is 1790. The monoisotopic (exact) mass is 629 g/mol. The van der Waals surface area contributed by atoms with Crippen molar-refractivity contribution >= 4 is 46.9 Å². The van der Waals surface area contributed by atoms with Crippen LogP contribution < -0.4 is 15.8 Å². The Morgan fingerprint density at radius 1 is 1.27 bits per heavy atom. The lowest BCUT2D eigenvalue weighted by Gasteiger charge is -2.24. The fraction of sp³-hybridized carbons (Fsp3) is 0.241. The molecule has 2 heterocycles. The zero-order valence-corrected chi connectivity index (χ0v) is 23.4. The number of rotatable bonds is 7. The zero-order chi connectivity index (χ0) is 32.9. The first-order chi connectivity index (χ1) is 21.3. The van der Waals surface area contributed by atoms with E-state index in [1.807, 2.05) is 0 Å². The predicted molar refractivity (Wildman–Crippen MR) is 154 cm³/mol. The van der Waals surface area contributed by atoms with E-state index in [0.29, 0.717) is 17.1 Å². The molecule has 45 heavy (non-hydrogen) atoms. The van der Waals surface area contributed by atoms with E-state index in [0.717, 1.165) is 21.7 Å². The number of nitrogens with one attached hydrogen (secondary N) is 1. The number of allylic oxidation sites excluding steroid dienone is 1. The number of primary amides is 1. The van der Waals surface area contributed by atoms with Gasteiger partial charge in [0.15, 0.2) is 17.3 Å². The van der Waals surface area contributed by atoms with Crippen molar-refractivity contribution in [1.29, 1.82) is 0 Å². The number of nitrogens with zero attached hydrogens (tertiary/aromatic N) is 5. The second kappa shape index (κ2) is 13.4. The molecule has 3 amide bonds. The number of nitrogens with two attached hydrogens (primary N) is 1. The van der Waals surface area contributed by atoms with E-state index in [9.17, 15) is 36.3 Å². The number of anilines is 1. The van der Waals surface area contributed by atoms with E-state index in [1.54, 1.807) is 19.1 Å². The summed E-state index contributed by atoms with van der Waals surface area (Å²) >= 11 is 0. The summed E-state index contributed by atoms with van der Waals surface area (Å²) in [5.41, 5.74) is 5.39. The van der Waals surface area contributed by atoms with Crippen LogP contribution in [0.2, 0.25) is 0 Å². The summed E-state index contributed by atoms with van der Waals surface area (Å²) in [7, 11) is 0. The molecule has 1 fully saturated rings. The number of fused-ring (bicyclic) bond motifs is 1. The molecular formula is C29H24F5N7O4. The molecule has 0 saturated carbocycles. The van der Waals surface area contributed by atoms with Crippen LogP contribution in [0.1, 0.15) is 29.4 Å². The number of likely N-dealkylation sites (tertiary alicyclic amines) is 1. The van der Waals surface area contributed by atoms with Gasteiger partial charge in [0, 0.05) is 23.6 Å². The topological polar surface area (TPSA) is 144 Å². The summed E-state index contributed by atoms with van der Waals surface area (Å²) in [5, 5.41) is 6.49. The molecule has 1 aliphatic rings. The van der Waals surface area contributed by atoms with E-state index < -0.39 is 73.1 Å². The maximum Gasteiger partial charge on any atom is 0.573 e. The van der Waals surface area contributed by atoms with Gasteiger partial charge in [0.25, 0.3) is 5.91 Å². The zero-order valence-electron chi connectivity index (χ0n) is 23.4. The van der Waals surface area contributed by atoms with Crippen molar-refractivity contribution in [2.75, 3.05) is 11.9 Å². The molecule has 0 aliphatic carbocycles. The number of benzene rings is 2. The first-order valence-electron chi connectivity index (χ1n) is 13.1. The normalized spacial score (nSPS) is 16.8. The summed E-state index contributed by atoms with van der Waals surface area (Å²) in [6, 6.07) is 5.89. The smallest absolute Gasteiger partial charge is 0.403 e. The van der Waals surface area contributed by atoms with Crippen LogP contribution >= 0.6 is 0 Å². The van der Waals surface area contributed by atoms with E-state index >= 15 is 0 Å². The molecule has 1 saturated heterocycles. The molecule has 3 N–H and O–H groups in total. The van der Waals surface area contributed by atoms with Gasteiger partial charge in [-0.15, -0.1) is 13.2 Å². The second-order valence-electron chi connectivity index (χ2n) is 9.50. The predicted octanol–water partition coefficient (Wildman–Crippen LogP) is 3.73. The Morgan fingerprint density at radius 2 is 2.02 bits per heavy atom. The van der Waals surface area contributed by atoms with Crippen LogP contribution in [0.3, 0.4) is 0 Å². The quantitative estimate of drug-likeness (QED) is 0.177. The van der Waals surface area contributed by atoms with Gasteiger partial charge in [0.05, 0.1) is 17.7 Å². The summed E-state index contributed by atoms with van der Waals surface area (Å²) in [6.07, 6.45) is -4.11. The van der Waals surface area contributed by atoms with Crippen molar-refractivity contribution in [3.8, 4) is 17.6 Å². The standard InChI is InChI=1S/C29H24F5N7O4/c1-3-11-37-23(36-2)10-8-16-7-9-20-18(12-16)26(27(35)43)39-41(20)15-24(42)40-14-17(30)13-21(40)28(44)38-19-5-4-6-22(25(19)31)45-29(32,33)34/h3-7,9,11-12,17,21H,2,13-15H2,1H3,(H2,35,43)(H,38,44)/b11-3-,37-23-/t17-,21+/m1/s1. The maximum atomic E-state index is 14.6. The van der Waals surface area contributed by atoms with Gasteiger partial charge >= 0.3 is 6.36 Å². The van der Waals surface area contributed by atoms with Crippen LogP contribution in [0.15, 0.2) is 58.7 Å². The number of ether oxygens (including phenoxy) is 1. The highest BCUT2D eigenvalue weighted by atomic mass is 19.4. The number of carbonyl (C=O) groups is 3. The van der Waals surface area contributed by atoms with E-state index in [-0.39, 0.29) is 16.9 Å². The molecule has 0 unspecified atom stereocenters. The van der Waals surface area contributed by atoms with Crippen molar-refractivity contribution < 1.29 is 41.1 Å². The third-order valence-electron chi connectivity index (χ3n) is 6.40. The van der Waals surface area contributed by atoms with Crippen LogP contribution in [0.5, 0.6) is 5.75 Å².